The number of carbonyl (C=O) groups excluding carboxylic acids is 1. The molecular weight excluding hydrogens is 560 g/mol. The predicted molar refractivity (Wildman–Crippen MR) is 128 cm³/mol. The molecule has 1 amide bonds. The van der Waals surface area contributed by atoms with Crippen molar-refractivity contribution >= 4 is 46.0 Å². The molecule has 4 aromatic rings. The molecule has 0 bridgehead atoms. The molecule has 1 atom stereocenters. The lowest BCUT2D eigenvalue weighted by Crippen LogP contribution is -2.28. The van der Waals surface area contributed by atoms with Gasteiger partial charge in [0, 0.05) is 22.9 Å². The van der Waals surface area contributed by atoms with E-state index in [-0.39, 0.29) is 29.3 Å². The van der Waals surface area contributed by atoms with E-state index >= 15 is 0 Å². The second-order valence-corrected chi connectivity index (χ2v) is 9.77. The van der Waals surface area contributed by atoms with Gasteiger partial charge in [0.25, 0.3) is 5.56 Å². The smallest absolute Gasteiger partial charge is 0.326 e. The van der Waals surface area contributed by atoms with Gasteiger partial charge < -0.3 is 5.32 Å². The number of rotatable bonds is 4. The van der Waals surface area contributed by atoms with Gasteiger partial charge in [-0.25, -0.2) is 9.67 Å². The summed E-state index contributed by atoms with van der Waals surface area (Å²) in [5, 5.41) is 7.30. The highest BCUT2D eigenvalue weighted by Gasteiger charge is 2.37. The zero-order chi connectivity index (χ0) is 27.4. The molecule has 0 spiro atoms. The van der Waals surface area contributed by atoms with E-state index in [0.717, 1.165) is 0 Å². The molecule has 1 aliphatic rings. The number of carbonyl (C=O) groups is 1. The highest BCUT2D eigenvalue weighted by atomic mass is 35.5. The van der Waals surface area contributed by atoms with Crippen molar-refractivity contribution in [3.8, 4) is 5.69 Å². The van der Waals surface area contributed by atoms with Crippen molar-refractivity contribution < 1.29 is 31.1 Å². The van der Waals surface area contributed by atoms with E-state index in [9.17, 15) is 35.9 Å². The Kier molecular flexibility index (Phi) is 6.42. The van der Waals surface area contributed by atoms with Crippen LogP contribution >= 0.6 is 23.4 Å². The van der Waals surface area contributed by atoms with Gasteiger partial charge in [0.15, 0.2) is 10.8 Å². The number of thioether (sulfide) groups is 1. The molecule has 1 N–H and O–H groups in total. The third-order valence-corrected chi connectivity index (χ3v) is 7.08. The van der Waals surface area contributed by atoms with Crippen molar-refractivity contribution in [2.24, 2.45) is 0 Å². The summed E-state index contributed by atoms with van der Waals surface area (Å²) in [4.78, 5) is 30.4. The zero-order valence-corrected chi connectivity index (χ0v) is 20.3. The summed E-state index contributed by atoms with van der Waals surface area (Å²) in [5.41, 5.74) is -3.35. The van der Waals surface area contributed by atoms with Crippen LogP contribution < -0.4 is 10.9 Å². The molecular formula is C23H14ClF6N5O2S. The quantitative estimate of drug-likeness (QED) is 0.241. The summed E-state index contributed by atoms with van der Waals surface area (Å²) in [6.45, 7) is 0. The molecule has 1 aliphatic heterocycles. The Morgan fingerprint density at radius 1 is 1.05 bits per heavy atom. The van der Waals surface area contributed by atoms with Crippen LogP contribution in [0.5, 0.6) is 0 Å². The summed E-state index contributed by atoms with van der Waals surface area (Å²) in [7, 11) is 0. The molecule has 0 radical (unpaired) electrons. The molecule has 0 saturated heterocycles. The van der Waals surface area contributed by atoms with Crippen LogP contribution in [0.1, 0.15) is 23.6 Å². The molecule has 1 unspecified atom stereocenters. The fourth-order valence-electron chi connectivity index (χ4n) is 4.01. The molecule has 38 heavy (non-hydrogen) atoms. The van der Waals surface area contributed by atoms with E-state index in [1.807, 2.05) is 0 Å². The maximum Gasteiger partial charge on any atom is 0.416 e. The van der Waals surface area contributed by atoms with Crippen molar-refractivity contribution in [1.29, 1.82) is 0 Å². The molecule has 0 saturated carbocycles. The lowest BCUT2D eigenvalue weighted by Gasteiger charge is -2.16. The molecule has 198 valence electrons. The van der Waals surface area contributed by atoms with Crippen LogP contribution in [0.4, 0.5) is 32.0 Å². The summed E-state index contributed by atoms with van der Waals surface area (Å²) in [5.74, 6) is -0.618. The molecule has 2 aromatic heterocycles. The maximum atomic E-state index is 13.2. The first-order valence-corrected chi connectivity index (χ1v) is 12.2. The minimum atomic E-state index is -5.05. The van der Waals surface area contributed by atoms with E-state index in [2.05, 4.69) is 15.4 Å². The number of hydrogen-bond donors (Lipinski definition) is 1. The first-order chi connectivity index (χ1) is 17.8. The van der Waals surface area contributed by atoms with Gasteiger partial charge in [-0.3, -0.25) is 14.2 Å². The van der Waals surface area contributed by atoms with Crippen molar-refractivity contribution in [2.75, 3.05) is 11.1 Å². The fourth-order valence-corrected chi connectivity index (χ4v) is 5.26. The van der Waals surface area contributed by atoms with Crippen molar-refractivity contribution in [3.63, 3.8) is 0 Å². The van der Waals surface area contributed by atoms with Crippen LogP contribution in [0.15, 0.2) is 58.6 Å². The van der Waals surface area contributed by atoms with E-state index in [4.69, 9.17) is 11.6 Å². The van der Waals surface area contributed by atoms with Crippen molar-refractivity contribution in [1.82, 2.24) is 19.3 Å². The Morgan fingerprint density at radius 3 is 2.29 bits per heavy atom. The van der Waals surface area contributed by atoms with Crippen LogP contribution in [0.2, 0.25) is 5.02 Å². The zero-order valence-electron chi connectivity index (χ0n) is 18.8. The largest absolute Gasteiger partial charge is 0.416 e. The Balaban J connectivity index is 1.41. The highest BCUT2D eigenvalue weighted by Crippen LogP contribution is 2.38. The molecule has 7 nitrogen and oxygen atoms in total. The van der Waals surface area contributed by atoms with Gasteiger partial charge in [0.1, 0.15) is 5.39 Å². The Hall–Kier alpha value is -3.52. The lowest BCUT2D eigenvalue weighted by molar-refractivity contribution is -0.143. The van der Waals surface area contributed by atoms with Gasteiger partial charge in [0.05, 0.1) is 29.1 Å². The first kappa shape index (κ1) is 26.1. The number of aromatic nitrogens is 4. The summed E-state index contributed by atoms with van der Waals surface area (Å²) >= 11 is 7.11. The second-order valence-electron chi connectivity index (χ2n) is 8.35. The van der Waals surface area contributed by atoms with Gasteiger partial charge in [-0.2, -0.15) is 31.4 Å². The third kappa shape index (κ3) is 4.97. The molecule has 15 heteroatoms. The maximum absolute atomic E-state index is 13.2. The van der Waals surface area contributed by atoms with Crippen molar-refractivity contribution in [3.05, 3.63) is 75.2 Å². The number of halogens is 7. The number of nitrogens with one attached hydrogen (secondary N) is 1. The molecule has 0 fully saturated rings. The minimum Gasteiger partial charge on any atom is -0.326 e. The van der Waals surface area contributed by atoms with E-state index in [1.165, 1.54) is 27.2 Å². The van der Waals surface area contributed by atoms with Gasteiger partial charge in [-0.05, 0) is 42.5 Å². The van der Waals surface area contributed by atoms with Crippen LogP contribution in [0.25, 0.3) is 16.7 Å². The average molecular weight is 574 g/mol. The fraction of sp³-hybridized carbons (Fsp3) is 0.217. The number of fused-ring (bicyclic) bond motifs is 2. The van der Waals surface area contributed by atoms with Crippen LogP contribution in [-0.4, -0.2) is 31.0 Å². The predicted octanol–water partition coefficient (Wildman–Crippen LogP) is 5.95. The van der Waals surface area contributed by atoms with E-state index < -0.39 is 46.7 Å². The summed E-state index contributed by atoms with van der Waals surface area (Å²) < 4.78 is 81.5. The number of nitrogens with zero attached hydrogens (tertiary/aromatic N) is 4. The van der Waals surface area contributed by atoms with E-state index in [0.29, 0.717) is 28.0 Å². The minimum absolute atomic E-state index is 0.0276. The van der Waals surface area contributed by atoms with Gasteiger partial charge in [-0.15, -0.1) is 0 Å². The molecule has 5 rings (SSSR count). The molecule has 3 heterocycles. The number of benzene rings is 2. The topological polar surface area (TPSA) is 81.8 Å². The molecule has 0 aliphatic carbocycles. The normalized spacial score (nSPS) is 15.6. The van der Waals surface area contributed by atoms with Gasteiger partial charge >= 0.3 is 12.4 Å². The lowest BCUT2D eigenvalue weighted by atomic mass is 10.1. The monoisotopic (exact) mass is 573 g/mol. The highest BCUT2D eigenvalue weighted by molar-refractivity contribution is 7.99. The number of hydrogen-bond acceptors (Lipinski definition) is 5. The van der Waals surface area contributed by atoms with E-state index in [1.54, 1.807) is 24.3 Å². The number of alkyl halides is 6. The Morgan fingerprint density at radius 2 is 1.68 bits per heavy atom. The van der Waals surface area contributed by atoms with Crippen LogP contribution in [0, 0.1) is 0 Å². The Bertz CT molecular complexity index is 1580. The van der Waals surface area contributed by atoms with Gasteiger partial charge in [0.2, 0.25) is 5.91 Å². The average Bonchev–Trinajstić information content (AvgIpc) is 3.43. The summed E-state index contributed by atoms with van der Waals surface area (Å²) in [6, 6.07) is 6.77. The SMILES string of the molecule is O=C(CC1CSc2nc3c(cnn3-c3ccc(Cl)cc3)c(=O)n21)Nc1cc(C(F)(F)F)cc(C(F)(F)F)c1. The first-order valence-electron chi connectivity index (χ1n) is 10.8. The third-order valence-electron chi connectivity index (χ3n) is 5.73. The Labute approximate surface area is 218 Å². The standard InChI is InChI=1S/C23H14ClF6N5O2S/c24-13-1-3-15(4-2-13)35-19-17(9-31-35)20(37)34-16(10-38-21(34)33-19)8-18(36)32-14-6-11(22(25,26)27)5-12(7-14)23(28,29)30/h1-7,9,16H,8,10H2,(H,32,36). The number of amides is 1. The second kappa shape index (κ2) is 9.34. The molecule has 2 aromatic carbocycles. The summed E-state index contributed by atoms with van der Waals surface area (Å²) in [6.07, 6.45) is -9.16. The van der Waals surface area contributed by atoms with Crippen molar-refractivity contribution in [2.45, 2.75) is 30.0 Å². The van der Waals surface area contributed by atoms with Crippen LogP contribution in [-0.2, 0) is 17.1 Å². The van der Waals surface area contributed by atoms with Gasteiger partial charge in [-0.1, -0.05) is 23.4 Å². The van der Waals surface area contributed by atoms with Crippen LogP contribution in [0.3, 0.4) is 0 Å². The number of anilines is 1.